The minimum Gasteiger partial charge on any atom is -0.388 e. The number of amides is 4. The lowest BCUT2D eigenvalue weighted by Crippen LogP contribution is -2.63. The molecule has 0 aromatic heterocycles. The number of quaternary nitrogens is 1. The quantitative estimate of drug-likeness (QED) is 0.0691. The summed E-state index contributed by atoms with van der Waals surface area (Å²) >= 11 is 2.89. The molecule has 3 rings (SSSR count). The number of rotatable bonds is 31. The first kappa shape index (κ1) is 63.4. The van der Waals surface area contributed by atoms with Gasteiger partial charge in [-0.2, -0.15) is 0 Å². The molecule has 73 heavy (non-hydrogen) atoms. The van der Waals surface area contributed by atoms with Crippen LogP contribution in [0, 0.1) is 35.5 Å². The van der Waals surface area contributed by atoms with Crippen molar-refractivity contribution in [2.75, 3.05) is 60.1 Å². The number of aliphatic hydroxyl groups is 1. The van der Waals surface area contributed by atoms with Gasteiger partial charge >= 0.3 is 0 Å². The molecule has 1 aromatic carbocycles. The molecule has 1 fully saturated rings. The van der Waals surface area contributed by atoms with Gasteiger partial charge in [0.05, 0.1) is 68.4 Å². The van der Waals surface area contributed by atoms with Crippen LogP contribution < -0.4 is 10.6 Å². The summed E-state index contributed by atoms with van der Waals surface area (Å²) in [6.45, 7) is 18.3. The molecule has 2 heterocycles. The molecule has 1 aromatic rings. The van der Waals surface area contributed by atoms with Gasteiger partial charge < -0.3 is 39.5 Å². The molecule has 410 valence electrons. The number of methoxy groups -OCH3 is 2. The zero-order valence-corrected chi connectivity index (χ0v) is 48.0. The first-order chi connectivity index (χ1) is 34.1. The van der Waals surface area contributed by atoms with E-state index in [-0.39, 0.29) is 108 Å². The number of nitrogens with zero attached hydrogens (tertiary/aromatic N) is 3. The van der Waals surface area contributed by atoms with Gasteiger partial charge in [-0.15, -0.1) is 23.5 Å². The molecule has 0 bridgehead atoms. The Balaban J connectivity index is 1.68. The Bertz CT molecular complexity index is 2100. The van der Waals surface area contributed by atoms with Crippen LogP contribution in [0.3, 0.4) is 0 Å². The third-order valence-electron chi connectivity index (χ3n) is 15.8. The molecular formula is C55H88N5O11S2+. The van der Waals surface area contributed by atoms with E-state index < -0.39 is 59.6 Å². The Hall–Kier alpha value is -3.94. The summed E-state index contributed by atoms with van der Waals surface area (Å²) in [5, 5.41) is 18.7. The molecule has 3 N–H and O–H groups in total. The zero-order valence-electron chi connectivity index (χ0n) is 46.4. The summed E-state index contributed by atoms with van der Waals surface area (Å²) in [6, 6.07) is 7.49. The molecule has 11 atom stereocenters. The average molecular weight is 1060 g/mol. The fraction of sp³-hybridized carbons (Fsp3) is 0.709. The fourth-order valence-corrected chi connectivity index (χ4v) is 11.9. The largest absolute Gasteiger partial charge is 0.388 e. The van der Waals surface area contributed by atoms with Crippen LogP contribution in [0.5, 0.6) is 0 Å². The lowest BCUT2D eigenvalue weighted by Gasteiger charge is -2.44. The number of carbonyl (C=O) groups is 8. The third kappa shape index (κ3) is 17.0. The number of carbonyl (C=O) groups excluding carboxylic acids is 8. The van der Waals surface area contributed by atoms with E-state index in [1.165, 1.54) is 37.6 Å². The van der Waals surface area contributed by atoms with Crippen molar-refractivity contribution in [3.8, 4) is 0 Å². The van der Waals surface area contributed by atoms with Crippen molar-refractivity contribution in [3.05, 3.63) is 46.2 Å². The number of likely N-dealkylation sites (N-methyl/N-ethyl adjacent to an activating group) is 2. The predicted octanol–water partition coefficient (Wildman–Crippen LogP) is 6.39. The normalized spacial score (nSPS) is 19.3. The number of hydrogen-bond acceptors (Lipinski definition) is 13. The van der Waals surface area contributed by atoms with E-state index in [9.17, 15) is 43.5 Å². The number of ketones is 4. The van der Waals surface area contributed by atoms with Crippen molar-refractivity contribution in [3.63, 3.8) is 0 Å². The van der Waals surface area contributed by atoms with Gasteiger partial charge in [0.15, 0.2) is 22.9 Å². The monoisotopic (exact) mass is 1060 g/mol. The number of thioether (sulfide) groups is 2. The van der Waals surface area contributed by atoms with Crippen molar-refractivity contribution >= 4 is 70.3 Å². The Kier molecular flexibility index (Phi) is 25.0. The molecule has 0 aliphatic carbocycles. The van der Waals surface area contributed by atoms with E-state index in [0.29, 0.717) is 24.3 Å². The first-order valence-corrected chi connectivity index (χ1v) is 28.0. The van der Waals surface area contributed by atoms with Crippen LogP contribution >= 0.6 is 23.5 Å². The Labute approximate surface area is 444 Å². The molecule has 16 nitrogen and oxygen atoms in total. The van der Waals surface area contributed by atoms with Gasteiger partial charge in [-0.1, -0.05) is 85.2 Å². The van der Waals surface area contributed by atoms with Crippen LogP contribution in [0.15, 0.2) is 40.6 Å². The highest BCUT2D eigenvalue weighted by atomic mass is 32.2. The zero-order chi connectivity index (χ0) is 55.1. The maximum Gasteiger partial charge on any atom is 0.258 e. The minimum atomic E-state index is -1.13. The smallest absolute Gasteiger partial charge is 0.258 e. The second kappa shape index (κ2) is 28.8. The first-order valence-electron chi connectivity index (χ1n) is 26.0. The van der Waals surface area contributed by atoms with E-state index in [4.69, 9.17) is 9.47 Å². The van der Waals surface area contributed by atoms with Gasteiger partial charge in [-0.3, -0.25) is 38.4 Å². The highest BCUT2D eigenvalue weighted by Crippen LogP contribution is 2.35. The maximum atomic E-state index is 14.8. The standard InChI is InChI=1S/C55H87N5O11S2/c1-16-34(4)49(45(70-14)28-48(65)59-24-20-23-42(59)51(71-15)37(7)43(62)26-35(5)50(66)39-21-18-17-19-22-39)58(11)54(69)41(33(2)3)27-47(64)55(9,10)60(12,13)30-40(61)25-36(6)52(67)57-38(8)44(63)29-56-53(68)46-31-72-32-73-46/h17-19,21-22,31,33-38,41-42,45,49-51,66H,16,20,23-30,32H2,1-15H3,(H-,56,57,67,68)/p+1/t34?,35-,36?,37-,38?,41-,42-,45?,49-,50+,51+/m0/s1. The molecule has 0 spiro atoms. The van der Waals surface area contributed by atoms with Crippen LogP contribution in [-0.2, 0) is 47.8 Å². The molecule has 0 saturated carbocycles. The highest BCUT2D eigenvalue weighted by molar-refractivity contribution is 8.22. The van der Waals surface area contributed by atoms with Crippen molar-refractivity contribution in [1.29, 1.82) is 0 Å². The van der Waals surface area contributed by atoms with Crippen LogP contribution in [-0.4, -0.2) is 162 Å². The van der Waals surface area contributed by atoms with E-state index in [2.05, 4.69) is 10.6 Å². The molecule has 18 heteroatoms. The van der Waals surface area contributed by atoms with Crippen molar-refractivity contribution in [1.82, 2.24) is 20.4 Å². The SMILES string of the molecule is CCC(C)[C@@H](C(CC(=O)N1CCC[C@H]1[C@H](OC)[C@@H](C)C(=O)C[C@H](C)[C@@H](O)c1ccccc1)OC)N(C)C(=O)[C@@H](CC(=O)C(C)(C)[N+](C)(C)CC(=O)CC(C)C(=O)NC(C)C(=O)CNC(=O)C1=CSCS1)C(C)C. The maximum absolute atomic E-state index is 14.8. The van der Waals surface area contributed by atoms with Gasteiger partial charge in [-0.05, 0) is 62.3 Å². The molecule has 2 aliphatic rings. The molecule has 0 radical (unpaired) electrons. The van der Waals surface area contributed by atoms with Crippen molar-refractivity contribution in [2.45, 2.75) is 156 Å². The summed E-state index contributed by atoms with van der Waals surface area (Å²) in [6.07, 6.45) is -0.101. The van der Waals surface area contributed by atoms with Gasteiger partial charge in [-0.25, -0.2) is 0 Å². The van der Waals surface area contributed by atoms with Gasteiger partial charge in [0.25, 0.3) is 5.91 Å². The van der Waals surface area contributed by atoms with Crippen LogP contribution in [0.2, 0.25) is 0 Å². The second-order valence-electron chi connectivity index (χ2n) is 21.9. The lowest BCUT2D eigenvalue weighted by atomic mass is 9.81. The third-order valence-corrected chi connectivity index (χ3v) is 18.0. The fourth-order valence-electron chi connectivity index (χ4n) is 9.93. The topological polar surface area (TPSA) is 206 Å². The molecule has 4 amide bonds. The van der Waals surface area contributed by atoms with Gasteiger partial charge in [0, 0.05) is 69.9 Å². The van der Waals surface area contributed by atoms with Gasteiger partial charge in [0.1, 0.15) is 12.3 Å². The van der Waals surface area contributed by atoms with E-state index in [1.54, 1.807) is 64.2 Å². The number of hydrogen-bond donors (Lipinski definition) is 3. The molecular weight excluding hydrogens is 971 g/mol. The highest BCUT2D eigenvalue weighted by Gasteiger charge is 2.48. The summed E-state index contributed by atoms with van der Waals surface area (Å²) in [5.74, 6) is -4.85. The van der Waals surface area contributed by atoms with Crippen LogP contribution in [0.4, 0.5) is 0 Å². The molecule has 2 aliphatic heterocycles. The molecule has 4 unspecified atom stereocenters. The van der Waals surface area contributed by atoms with Crippen molar-refractivity contribution in [2.24, 2.45) is 35.5 Å². The van der Waals surface area contributed by atoms with E-state index in [0.717, 1.165) is 17.1 Å². The van der Waals surface area contributed by atoms with E-state index >= 15 is 0 Å². The van der Waals surface area contributed by atoms with E-state index in [1.807, 2.05) is 71.9 Å². The minimum absolute atomic E-state index is 0.0226. The number of ether oxygens (including phenoxy) is 2. The lowest BCUT2D eigenvalue weighted by molar-refractivity contribution is -0.919. The second-order valence-corrected chi connectivity index (χ2v) is 24.1. The van der Waals surface area contributed by atoms with Crippen LogP contribution in [0.1, 0.15) is 126 Å². The Morgan fingerprint density at radius 3 is 2.10 bits per heavy atom. The number of Topliss-reactive ketones (excluding diaryl/α,β-unsaturated/α-hetero) is 4. The summed E-state index contributed by atoms with van der Waals surface area (Å²) in [4.78, 5) is 113. The number of nitrogens with one attached hydrogen (secondary N) is 2. The van der Waals surface area contributed by atoms with Crippen LogP contribution in [0.25, 0.3) is 0 Å². The predicted molar refractivity (Wildman–Crippen MR) is 288 cm³/mol. The van der Waals surface area contributed by atoms with Crippen molar-refractivity contribution < 1.29 is 57.4 Å². The van der Waals surface area contributed by atoms with Gasteiger partial charge in [0.2, 0.25) is 17.7 Å². The average Bonchev–Trinajstić information content (AvgIpc) is 4.08. The summed E-state index contributed by atoms with van der Waals surface area (Å²) in [5.41, 5.74) is -0.381. The summed E-state index contributed by atoms with van der Waals surface area (Å²) < 4.78 is 12.1. The number of benzene rings is 1. The molecule has 1 saturated heterocycles. The summed E-state index contributed by atoms with van der Waals surface area (Å²) in [7, 11) is 8.37. The Morgan fingerprint density at radius 1 is 0.890 bits per heavy atom. The Morgan fingerprint density at radius 2 is 1.53 bits per heavy atom. The number of aliphatic hydroxyl groups excluding tert-OH is 1. The number of likely N-dealkylation sites (tertiary alicyclic amines) is 1.